The molecule has 1 rings (SSSR count). The van der Waals surface area contributed by atoms with E-state index in [0.29, 0.717) is 16.6 Å². The Morgan fingerprint density at radius 1 is 1.56 bits per heavy atom. The molecule has 1 amide bonds. The smallest absolute Gasteiger partial charge is 0.226 e. The van der Waals surface area contributed by atoms with Gasteiger partial charge in [0.1, 0.15) is 5.00 Å². The summed E-state index contributed by atoms with van der Waals surface area (Å²) in [5, 5.41) is 4.09. The van der Waals surface area contributed by atoms with E-state index >= 15 is 0 Å². The molecule has 0 atom stereocenters. The first-order valence-corrected chi connectivity index (χ1v) is 6.42. The van der Waals surface area contributed by atoms with Crippen molar-refractivity contribution in [2.45, 2.75) is 46.0 Å². The Morgan fingerprint density at radius 3 is 2.75 bits per heavy atom. The molecule has 1 aromatic rings. The molecule has 1 aromatic heterocycles. The number of carbonyl (C=O) groups is 1. The summed E-state index contributed by atoms with van der Waals surface area (Å²) < 4.78 is 0. The third-order valence-electron chi connectivity index (χ3n) is 2.23. The summed E-state index contributed by atoms with van der Waals surface area (Å²) in [5.41, 5.74) is 6.69. The first-order valence-electron chi connectivity index (χ1n) is 5.60. The van der Waals surface area contributed by atoms with Gasteiger partial charge in [-0.15, -0.1) is 0 Å². The number of nitrogens with zero attached hydrogens (tertiary/aromatic N) is 1. The van der Waals surface area contributed by atoms with E-state index in [0.717, 1.165) is 18.5 Å². The van der Waals surface area contributed by atoms with E-state index in [9.17, 15) is 4.79 Å². The van der Waals surface area contributed by atoms with Crippen molar-refractivity contribution < 1.29 is 4.79 Å². The van der Waals surface area contributed by atoms with Crippen molar-refractivity contribution in [3.05, 3.63) is 5.69 Å². The maximum atomic E-state index is 11.5. The first-order chi connectivity index (χ1) is 7.54. The number of rotatable bonds is 5. The van der Waals surface area contributed by atoms with Crippen molar-refractivity contribution in [1.29, 1.82) is 0 Å². The number of nitrogens with two attached hydrogens (primary N) is 1. The average Bonchev–Trinajstić information content (AvgIpc) is 2.56. The minimum absolute atomic E-state index is 0.0194. The van der Waals surface area contributed by atoms with Crippen molar-refractivity contribution in [2.24, 2.45) is 0 Å². The van der Waals surface area contributed by atoms with E-state index in [1.165, 1.54) is 11.3 Å². The second kappa shape index (κ2) is 5.84. The summed E-state index contributed by atoms with van der Waals surface area (Å²) in [7, 11) is 0. The predicted octanol–water partition coefficient (Wildman–Crippen LogP) is 2.98. The van der Waals surface area contributed by atoms with Crippen LogP contribution in [-0.2, 0) is 4.79 Å². The van der Waals surface area contributed by atoms with Crippen molar-refractivity contribution in [3.63, 3.8) is 0 Å². The molecule has 3 N–H and O–H groups in total. The van der Waals surface area contributed by atoms with Crippen molar-refractivity contribution in [3.8, 4) is 0 Å². The molecule has 1 heterocycles. The molecule has 5 heteroatoms. The van der Waals surface area contributed by atoms with Crippen LogP contribution in [0, 0.1) is 0 Å². The Hall–Kier alpha value is -1.10. The van der Waals surface area contributed by atoms with Gasteiger partial charge in [0.05, 0.1) is 5.69 Å². The summed E-state index contributed by atoms with van der Waals surface area (Å²) >= 11 is 1.34. The predicted molar refractivity (Wildman–Crippen MR) is 68.8 cm³/mol. The molecule has 0 saturated carbocycles. The maximum Gasteiger partial charge on any atom is 0.226 e. The van der Waals surface area contributed by atoms with Crippen LogP contribution in [0.2, 0.25) is 0 Å². The lowest BCUT2D eigenvalue weighted by molar-refractivity contribution is -0.116. The Bertz CT molecular complexity index is 360. The molecule has 4 nitrogen and oxygen atoms in total. The molecule has 0 unspecified atom stereocenters. The van der Waals surface area contributed by atoms with Gasteiger partial charge < -0.3 is 11.1 Å². The lowest BCUT2D eigenvalue weighted by atomic mass is 10.1. The highest BCUT2D eigenvalue weighted by molar-refractivity contribution is 7.19. The molecular formula is C11H19N3OS. The van der Waals surface area contributed by atoms with Gasteiger partial charge in [-0.1, -0.05) is 38.5 Å². The fourth-order valence-electron chi connectivity index (χ4n) is 1.33. The van der Waals surface area contributed by atoms with E-state index in [-0.39, 0.29) is 11.8 Å². The SMILES string of the molecule is CCCCC(=O)Nc1nc(C(C)C)c(N)s1. The number of anilines is 2. The molecule has 0 saturated heterocycles. The van der Waals surface area contributed by atoms with Crippen LogP contribution in [-0.4, -0.2) is 10.9 Å². The molecule has 90 valence electrons. The normalized spacial score (nSPS) is 10.8. The Balaban J connectivity index is 2.61. The largest absolute Gasteiger partial charge is 0.389 e. The number of nitrogen functional groups attached to an aromatic ring is 1. The number of aromatic nitrogens is 1. The zero-order chi connectivity index (χ0) is 12.1. The lowest BCUT2D eigenvalue weighted by Gasteiger charge is -2.00. The summed E-state index contributed by atoms with van der Waals surface area (Å²) in [6.45, 7) is 6.13. The lowest BCUT2D eigenvalue weighted by Crippen LogP contribution is -2.10. The number of hydrogen-bond donors (Lipinski definition) is 2. The quantitative estimate of drug-likeness (QED) is 0.832. The minimum atomic E-state index is 0.0194. The highest BCUT2D eigenvalue weighted by Gasteiger charge is 2.13. The third-order valence-corrected chi connectivity index (χ3v) is 3.05. The molecular weight excluding hydrogens is 222 g/mol. The second-order valence-corrected chi connectivity index (χ2v) is 5.11. The maximum absolute atomic E-state index is 11.5. The fourth-order valence-corrected chi connectivity index (χ4v) is 2.23. The summed E-state index contributed by atoms with van der Waals surface area (Å²) in [5.74, 6) is 0.309. The molecule has 0 fully saturated rings. The van der Waals surface area contributed by atoms with Gasteiger partial charge in [-0.05, 0) is 12.3 Å². The molecule has 0 aliphatic carbocycles. The van der Waals surface area contributed by atoms with Gasteiger partial charge in [-0.3, -0.25) is 4.79 Å². The first kappa shape index (κ1) is 13.0. The van der Waals surface area contributed by atoms with Crippen LogP contribution in [0.15, 0.2) is 0 Å². The standard InChI is InChI=1S/C11H19N3OS/c1-4-5-6-8(15)13-11-14-9(7(2)3)10(12)16-11/h7H,4-6,12H2,1-3H3,(H,13,14,15). The number of thiazole rings is 1. The van der Waals surface area contributed by atoms with Gasteiger partial charge >= 0.3 is 0 Å². The van der Waals surface area contributed by atoms with E-state index in [4.69, 9.17) is 5.73 Å². The highest BCUT2D eigenvalue weighted by Crippen LogP contribution is 2.30. The van der Waals surface area contributed by atoms with Crippen LogP contribution in [0.3, 0.4) is 0 Å². The summed E-state index contributed by atoms with van der Waals surface area (Å²) in [6, 6.07) is 0. The Morgan fingerprint density at radius 2 is 2.25 bits per heavy atom. The van der Waals surface area contributed by atoms with Gasteiger partial charge in [-0.25, -0.2) is 4.98 Å². The molecule has 0 bridgehead atoms. The van der Waals surface area contributed by atoms with Crippen LogP contribution in [0.5, 0.6) is 0 Å². The van der Waals surface area contributed by atoms with Crippen LogP contribution >= 0.6 is 11.3 Å². The molecule has 0 aromatic carbocycles. The van der Waals surface area contributed by atoms with E-state index in [1.807, 2.05) is 13.8 Å². The van der Waals surface area contributed by atoms with Crippen LogP contribution in [0.25, 0.3) is 0 Å². The number of nitrogens with one attached hydrogen (secondary N) is 1. The van der Waals surface area contributed by atoms with Gasteiger partial charge in [0.15, 0.2) is 5.13 Å². The second-order valence-electron chi connectivity index (χ2n) is 4.07. The van der Waals surface area contributed by atoms with E-state index in [1.54, 1.807) is 0 Å². The molecule has 0 aliphatic rings. The van der Waals surface area contributed by atoms with Crippen LogP contribution < -0.4 is 11.1 Å². The number of carbonyl (C=O) groups excluding carboxylic acids is 1. The average molecular weight is 241 g/mol. The number of hydrogen-bond acceptors (Lipinski definition) is 4. The van der Waals surface area contributed by atoms with Crippen molar-refractivity contribution >= 4 is 27.4 Å². The van der Waals surface area contributed by atoms with Crippen LogP contribution in [0.4, 0.5) is 10.1 Å². The molecule has 0 aliphatic heterocycles. The zero-order valence-electron chi connectivity index (χ0n) is 10.0. The van der Waals surface area contributed by atoms with Crippen molar-refractivity contribution in [1.82, 2.24) is 4.98 Å². The van der Waals surface area contributed by atoms with Crippen molar-refractivity contribution in [2.75, 3.05) is 11.1 Å². The van der Waals surface area contributed by atoms with E-state index in [2.05, 4.69) is 17.2 Å². The van der Waals surface area contributed by atoms with Gasteiger partial charge in [0, 0.05) is 6.42 Å². The number of unbranched alkanes of at least 4 members (excludes halogenated alkanes) is 1. The minimum Gasteiger partial charge on any atom is -0.389 e. The number of amides is 1. The third kappa shape index (κ3) is 3.48. The molecule has 16 heavy (non-hydrogen) atoms. The Kier molecular flexibility index (Phi) is 4.73. The zero-order valence-corrected chi connectivity index (χ0v) is 10.9. The monoisotopic (exact) mass is 241 g/mol. The van der Waals surface area contributed by atoms with Gasteiger partial charge in [-0.2, -0.15) is 0 Å². The highest BCUT2D eigenvalue weighted by atomic mass is 32.1. The topological polar surface area (TPSA) is 68.0 Å². The molecule has 0 spiro atoms. The van der Waals surface area contributed by atoms with Gasteiger partial charge in [0.25, 0.3) is 0 Å². The fraction of sp³-hybridized carbons (Fsp3) is 0.636. The summed E-state index contributed by atoms with van der Waals surface area (Å²) in [6.07, 6.45) is 2.47. The Labute approximate surface area is 100 Å². The van der Waals surface area contributed by atoms with E-state index < -0.39 is 0 Å². The van der Waals surface area contributed by atoms with Gasteiger partial charge in [0.2, 0.25) is 5.91 Å². The molecule has 0 radical (unpaired) electrons. The van der Waals surface area contributed by atoms with Crippen LogP contribution in [0.1, 0.15) is 51.6 Å². The summed E-state index contributed by atoms with van der Waals surface area (Å²) in [4.78, 5) is 15.8.